The summed E-state index contributed by atoms with van der Waals surface area (Å²) in [4.78, 5) is 6.72. The molecule has 0 unspecified atom stereocenters. The summed E-state index contributed by atoms with van der Waals surface area (Å²) < 4.78 is 78.0. The molecule has 1 saturated heterocycles. The number of halogens is 5. The molecule has 43 heavy (non-hydrogen) atoms. The fourth-order valence-electron chi connectivity index (χ4n) is 6.73. The molecule has 5 nitrogen and oxygen atoms in total. The number of ether oxygens (including phenoxy) is 1. The average molecular weight is 596 g/mol. The van der Waals surface area contributed by atoms with E-state index in [0.717, 1.165) is 63.4 Å². The minimum Gasteiger partial charge on any atom is -0.434 e. The van der Waals surface area contributed by atoms with Crippen molar-refractivity contribution in [3.63, 3.8) is 0 Å². The molecule has 1 aliphatic heterocycles. The summed E-state index contributed by atoms with van der Waals surface area (Å²) in [7, 11) is 0. The van der Waals surface area contributed by atoms with E-state index >= 15 is 0 Å². The molecule has 10 heteroatoms. The quantitative estimate of drug-likeness (QED) is 0.208. The van der Waals surface area contributed by atoms with E-state index < -0.39 is 18.4 Å². The minimum atomic E-state index is -4.49. The Balaban J connectivity index is 1.09. The number of anilines is 1. The van der Waals surface area contributed by atoms with Crippen LogP contribution in [-0.4, -0.2) is 29.8 Å². The van der Waals surface area contributed by atoms with E-state index in [2.05, 4.69) is 15.0 Å². The Hall–Kier alpha value is -3.95. The summed E-state index contributed by atoms with van der Waals surface area (Å²) in [6.07, 6.45) is 3.10. The Bertz CT molecular complexity index is 1710. The Morgan fingerprint density at radius 2 is 1.79 bits per heavy atom. The number of fused-ring (bicyclic) bond motifs is 1. The molecule has 3 fully saturated rings. The van der Waals surface area contributed by atoms with Gasteiger partial charge in [-0.25, -0.2) is 0 Å². The van der Waals surface area contributed by atoms with E-state index in [9.17, 15) is 22.0 Å². The van der Waals surface area contributed by atoms with Gasteiger partial charge in [0.2, 0.25) is 0 Å². The second-order valence-corrected chi connectivity index (χ2v) is 12.1. The van der Waals surface area contributed by atoms with Crippen LogP contribution in [0.25, 0.3) is 28.2 Å². The van der Waals surface area contributed by atoms with Crippen molar-refractivity contribution in [3.05, 3.63) is 76.7 Å². The van der Waals surface area contributed by atoms with E-state index in [4.69, 9.17) is 9.26 Å². The monoisotopic (exact) mass is 595 g/mol. The van der Waals surface area contributed by atoms with Gasteiger partial charge in [-0.05, 0) is 81.2 Å². The van der Waals surface area contributed by atoms with Crippen molar-refractivity contribution in [2.45, 2.75) is 64.2 Å². The number of piperidine rings is 1. The summed E-state index contributed by atoms with van der Waals surface area (Å²) in [6.45, 7) is 0.453. The Morgan fingerprint density at radius 3 is 2.49 bits per heavy atom. The molecule has 0 bridgehead atoms. The number of aromatic nitrogens is 2. The van der Waals surface area contributed by atoms with Crippen LogP contribution in [0.1, 0.15) is 67.0 Å². The number of allylic oxidation sites excluding steroid dienone is 1. The number of pyridine rings is 1. The maximum atomic E-state index is 13.8. The average Bonchev–Trinajstić information content (AvgIpc) is 3.71. The van der Waals surface area contributed by atoms with Gasteiger partial charge >= 0.3 is 12.8 Å². The molecular weight excluding hydrogens is 565 g/mol. The third-order valence-corrected chi connectivity index (χ3v) is 9.03. The fourth-order valence-corrected chi connectivity index (χ4v) is 6.73. The highest BCUT2D eigenvalue weighted by atomic mass is 19.4. The summed E-state index contributed by atoms with van der Waals surface area (Å²) >= 11 is 0. The molecule has 1 spiro atoms. The number of aryl methyl sites for hydroxylation is 1. The lowest BCUT2D eigenvalue weighted by Gasteiger charge is -2.50. The highest BCUT2D eigenvalue weighted by Crippen LogP contribution is 2.54. The topological polar surface area (TPSA) is 51.4 Å². The summed E-state index contributed by atoms with van der Waals surface area (Å²) in [6, 6.07) is 12.7. The molecule has 2 aromatic heterocycles. The third kappa shape index (κ3) is 5.36. The second-order valence-electron chi connectivity index (χ2n) is 12.1. The third-order valence-electron chi connectivity index (χ3n) is 9.03. The SMILES string of the molecule is Cc1cc(OC(F)F)c2cc(N3CCC4(CC3)CC(=Cc3c(-c5ccccc5C(F)(F)F)noc3C3CC3)C4)ccc2n1. The maximum Gasteiger partial charge on any atom is 0.417 e. The fraction of sp³-hybridized carbons (Fsp3) is 0.394. The van der Waals surface area contributed by atoms with Crippen molar-refractivity contribution >= 4 is 22.7 Å². The molecular formula is C33H30F5N3O2. The largest absolute Gasteiger partial charge is 0.434 e. The van der Waals surface area contributed by atoms with Crippen LogP contribution in [0.3, 0.4) is 0 Å². The molecule has 224 valence electrons. The number of hydrogen-bond acceptors (Lipinski definition) is 5. The molecule has 2 aromatic carbocycles. The van der Waals surface area contributed by atoms with Crippen LogP contribution in [-0.2, 0) is 6.18 Å². The first-order valence-corrected chi connectivity index (χ1v) is 14.6. The first-order valence-electron chi connectivity index (χ1n) is 14.6. The first kappa shape index (κ1) is 27.9. The van der Waals surface area contributed by atoms with E-state index in [1.54, 1.807) is 13.0 Å². The van der Waals surface area contributed by atoms with Gasteiger partial charge in [0.05, 0.1) is 11.1 Å². The van der Waals surface area contributed by atoms with Gasteiger partial charge in [-0.1, -0.05) is 28.9 Å². The lowest BCUT2D eigenvalue weighted by atomic mass is 9.60. The van der Waals surface area contributed by atoms with Crippen LogP contribution >= 0.6 is 0 Å². The van der Waals surface area contributed by atoms with E-state index in [1.807, 2.05) is 24.3 Å². The van der Waals surface area contributed by atoms with Gasteiger partial charge in [0, 0.05) is 53.0 Å². The molecule has 4 aromatic rings. The number of hydrogen-bond donors (Lipinski definition) is 0. The second kappa shape index (κ2) is 10.3. The van der Waals surface area contributed by atoms with Crippen molar-refractivity contribution in [2.75, 3.05) is 18.0 Å². The van der Waals surface area contributed by atoms with Gasteiger partial charge in [0.15, 0.2) is 0 Å². The van der Waals surface area contributed by atoms with Crippen LogP contribution in [0.15, 0.2) is 58.6 Å². The van der Waals surface area contributed by atoms with Crippen LogP contribution in [0.5, 0.6) is 5.75 Å². The molecule has 7 rings (SSSR count). The van der Waals surface area contributed by atoms with Gasteiger partial charge < -0.3 is 14.2 Å². The smallest absolute Gasteiger partial charge is 0.417 e. The van der Waals surface area contributed by atoms with E-state index in [0.29, 0.717) is 27.9 Å². The molecule has 0 N–H and O–H groups in total. The number of benzene rings is 2. The summed E-state index contributed by atoms with van der Waals surface area (Å²) in [5.74, 6) is 1.01. The predicted octanol–water partition coefficient (Wildman–Crippen LogP) is 9.16. The van der Waals surface area contributed by atoms with Gasteiger partial charge in [-0.3, -0.25) is 4.98 Å². The molecule has 0 amide bonds. The predicted molar refractivity (Wildman–Crippen MR) is 153 cm³/mol. The Morgan fingerprint density at radius 1 is 1.05 bits per heavy atom. The lowest BCUT2D eigenvalue weighted by molar-refractivity contribution is -0.137. The molecule has 0 radical (unpaired) electrons. The molecule has 3 aliphatic rings. The van der Waals surface area contributed by atoms with Gasteiger partial charge in [-0.2, -0.15) is 22.0 Å². The Labute approximate surface area is 245 Å². The van der Waals surface area contributed by atoms with Gasteiger partial charge in [-0.15, -0.1) is 0 Å². The van der Waals surface area contributed by atoms with Crippen molar-refractivity contribution in [1.29, 1.82) is 0 Å². The normalized spacial score (nSPS) is 18.4. The van der Waals surface area contributed by atoms with Crippen LogP contribution in [0.4, 0.5) is 27.6 Å². The molecule has 3 heterocycles. The number of rotatable bonds is 6. The Kier molecular flexibility index (Phi) is 6.70. The highest BCUT2D eigenvalue weighted by molar-refractivity contribution is 5.88. The van der Waals surface area contributed by atoms with E-state index in [-0.39, 0.29) is 28.3 Å². The zero-order valence-electron chi connectivity index (χ0n) is 23.6. The zero-order valence-corrected chi connectivity index (χ0v) is 23.6. The summed E-state index contributed by atoms with van der Waals surface area (Å²) in [5.41, 5.74) is 3.77. The standard InChI is InChI=1S/C33H30F5N3O2/c1-19-14-28(42-31(34)35)24-16-22(8-9-27(24)39-19)41-12-10-32(11-13-41)17-20(18-32)15-25-29(40-43-30(25)21-6-7-21)23-4-2-3-5-26(23)33(36,37)38/h2-5,8-9,14-16,21,31H,6-7,10-13,17-18H2,1H3. The van der Waals surface area contributed by atoms with Crippen LogP contribution < -0.4 is 9.64 Å². The van der Waals surface area contributed by atoms with Crippen LogP contribution in [0, 0.1) is 12.3 Å². The van der Waals surface area contributed by atoms with Crippen molar-refractivity contribution < 1.29 is 31.2 Å². The van der Waals surface area contributed by atoms with Crippen molar-refractivity contribution in [2.24, 2.45) is 5.41 Å². The number of alkyl halides is 5. The molecule has 2 saturated carbocycles. The van der Waals surface area contributed by atoms with Crippen LogP contribution in [0.2, 0.25) is 0 Å². The highest BCUT2D eigenvalue weighted by Gasteiger charge is 2.44. The zero-order chi connectivity index (χ0) is 29.9. The van der Waals surface area contributed by atoms with Gasteiger partial charge in [0.1, 0.15) is 17.2 Å². The number of nitrogens with zero attached hydrogens (tertiary/aromatic N) is 3. The van der Waals surface area contributed by atoms with Crippen molar-refractivity contribution in [3.8, 4) is 17.0 Å². The minimum absolute atomic E-state index is 0.0442. The first-order chi connectivity index (χ1) is 20.6. The molecule has 2 aliphatic carbocycles. The summed E-state index contributed by atoms with van der Waals surface area (Å²) in [5, 5.41) is 4.70. The van der Waals surface area contributed by atoms with Crippen molar-refractivity contribution in [1.82, 2.24) is 10.1 Å². The maximum absolute atomic E-state index is 13.8. The van der Waals surface area contributed by atoms with Gasteiger partial charge in [0.25, 0.3) is 0 Å². The molecule has 0 atom stereocenters. The lowest BCUT2D eigenvalue weighted by Crippen LogP contribution is -2.44. The van der Waals surface area contributed by atoms with E-state index in [1.165, 1.54) is 23.8 Å².